The SMILES string of the molecule is O=C1CNCN1C1C2CCC3CC32C1c1ccccc1. The van der Waals surface area contributed by atoms with Crippen LogP contribution in [0.5, 0.6) is 0 Å². The Morgan fingerprint density at radius 3 is 2.75 bits per heavy atom. The molecule has 3 saturated carbocycles. The van der Waals surface area contributed by atoms with Gasteiger partial charge in [0, 0.05) is 12.0 Å². The van der Waals surface area contributed by atoms with E-state index in [0.29, 0.717) is 29.8 Å². The summed E-state index contributed by atoms with van der Waals surface area (Å²) in [6.45, 7) is 1.28. The van der Waals surface area contributed by atoms with Crippen LogP contribution in [0.1, 0.15) is 30.7 Å². The topological polar surface area (TPSA) is 32.3 Å². The minimum Gasteiger partial charge on any atom is -0.325 e. The number of rotatable bonds is 2. The molecule has 4 aliphatic rings. The number of hydrogen-bond acceptors (Lipinski definition) is 2. The van der Waals surface area contributed by atoms with Gasteiger partial charge in [0.1, 0.15) is 0 Å². The molecular weight excluding hydrogens is 248 g/mol. The number of carbonyl (C=O) groups is 1. The van der Waals surface area contributed by atoms with Crippen molar-refractivity contribution < 1.29 is 4.79 Å². The molecule has 1 N–H and O–H groups in total. The number of amides is 1. The minimum atomic E-state index is 0.301. The largest absolute Gasteiger partial charge is 0.325 e. The molecule has 20 heavy (non-hydrogen) atoms. The third-order valence-electron chi connectivity index (χ3n) is 6.45. The van der Waals surface area contributed by atoms with Gasteiger partial charge in [0.2, 0.25) is 5.91 Å². The first kappa shape index (κ1) is 11.3. The molecule has 1 amide bonds. The minimum absolute atomic E-state index is 0.301. The van der Waals surface area contributed by atoms with Crippen molar-refractivity contribution in [1.82, 2.24) is 10.2 Å². The molecule has 1 spiro atoms. The third kappa shape index (κ3) is 1.19. The lowest BCUT2D eigenvalue weighted by Gasteiger charge is -2.55. The Labute approximate surface area is 119 Å². The third-order valence-corrected chi connectivity index (χ3v) is 6.45. The second-order valence-electron chi connectivity index (χ2n) is 7.02. The first-order chi connectivity index (χ1) is 9.82. The van der Waals surface area contributed by atoms with Crippen LogP contribution in [0.25, 0.3) is 0 Å². The van der Waals surface area contributed by atoms with Gasteiger partial charge < -0.3 is 4.90 Å². The Bertz CT molecular complexity index is 572. The van der Waals surface area contributed by atoms with Crippen LogP contribution in [0, 0.1) is 17.3 Å². The van der Waals surface area contributed by atoms with Crippen LogP contribution in [0.4, 0.5) is 0 Å². The maximum absolute atomic E-state index is 12.2. The van der Waals surface area contributed by atoms with Crippen molar-refractivity contribution in [3.63, 3.8) is 0 Å². The molecule has 1 aromatic carbocycles. The van der Waals surface area contributed by atoms with Crippen molar-refractivity contribution in [3.8, 4) is 0 Å². The van der Waals surface area contributed by atoms with Gasteiger partial charge in [0.15, 0.2) is 0 Å². The molecule has 0 radical (unpaired) electrons. The quantitative estimate of drug-likeness (QED) is 0.889. The van der Waals surface area contributed by atoms with E-state index in [-0.39, 0.29) is 0 Å². The van der Waals surface area contributed by atoms with Gasteiger partial charge in [-0.25, -0.2) is 0 Å². The highest BCUT2D eigenvalue weighted by molar-refractivity contribution is 5.81. The van der Waals surface area contributed by atoms with Crippen LogP contribution in [0.3, 0.4) is 0 Å². The summed E-state index contributed by atoms with van der Waals surface area (Å²) in [6, 6.07) is 11.4. The number of benzene rings is 1. The van der Waals surface area contributed by atoms with E-state index in [4.69, 9.17) is 0 Å². The Morgan fingerprint density at radius 2 is 2.05 bits per heavy atom. The van der Waals surface area contributed by atoms with Gasteiger partial charge >= 0.3 is 0 Å². The molecule has 1 aromatic rings. The van der Waals surface area contributed by atoms with Crippen LogP contribution in [0.2, 0.25) is 0 Å². The lowest BCUT2D eigenvalue weighted by atomic mass is 9.55. The van der Waals surface area contributed by atoms with E-state index in [2.05, 4.69) is 40.5 Å². The van der Waals surface area contributed by atoms with Crippen molar-refractivity contribution >= 4 is 5.91 Å². The lowest BCUT2D eigenvalue weighted by Crippen LogP contribution is -2.59. The van der Waals surface area contributed by atoms with Crippen molar-refractivity contribution in [2.24, 2.45) is 17.3 Å². The first-order valence-electron chi connectivity index (χ1n) is 7.87. The van der Waals surface area contributed by atoms with E-state index in [0.717, 1.165) is 18.5 Å². The van der Waals surface area contributed by atoms with E-state index < -0.39 is 0 Å². The monoisotopic (exact) mass is 268 g/mol. The Hall–Kier alpha value is -1.35. The Balaban J connectivity index is 1.55. The van der Waals surface area contributed by atoms with Crippen molar-refractivity contribution in [3.05, 3.63) is 35.9 Å². The number of carbonyl (C=O) groups excluding carboxylic acids is 1. The van der Waals surface area contributed by atoms with Crippen LogP contribution >= 0.6 is 0 Å². The highest BCUT2D eigenvalue weighted by atomic mass is 16.2. The second kappa shape index (κ2) is 3.64. The molecule has 1 saturated heterocycles. The normalized spacial score (nSPS) is 45.0. The molecule has 4 fully saturated rings. The Kier molecular flexibility index (Phi) is 2.06. The van der Waals surface area contributed by atoms with Crippen molar-refractivity contribution in [1.29, 1.82) is 0 Å². The summed E-state index contributed by atoms with van der Waals surface area (Å²) in [5.74, 6) is 2.60. The van der Waals surface area contributed by atoms with E-state index in [1.807, 2.05) is 0 Å². The van der Waals surface area contributed by atoms with Crippen LogP contribution in [0.15, 0.2) is 30.3 Å². The second-order valence-corrected chi connectivity index (χ2v) is 7.02. The van der Waals surface area contributed by atoms with Gasteiger partial charge in [-0.15, -0.1) is 0 Å². The zero-order valence-corrected chi connectivity index (χ0v) is 11.6. The molecule has 0 aromatic heterocycles. The smallest absolute Gasteiger partial charge is 0.237 e. The van der Waals surface area contributed by atoms with Gasteiger partial charge in [-0.3, -0.25) is 10.1 Å². The number of nitrogens with one attached hydrogen (secondary N) is 1. The molecule has 3 heteroatoms. The molecule has 104 valence electrons. The average Bonchev–Trinajstić information content (AvgIpc) is 2.96. The molecule has 1 aliphatic heterocycles. The maximum atomic E-state index is 12.2. The standard InChI is InChI=1S/C17H20N2O/c20-14-9-18-10-19(14)16-13-7-6-12-8-17(12,13)15(16)11-4-2-1-3-5-11/h1-5,12-13,15-16,18H,6-10H2. The summed E-state index contributed by atoms with van der Waals surface area (Å²) in [7, 11) is 0. The van der Waals surface area contributed by atoms with E-state index in [1.54, 1.807) is 0 Å². The molecule has 3 nitrogen and oxygen atoms in total. The fourth-order valence-electron chi connectivity index (χ4n) is 5.68. The van der Waals surface area contributed by atoms with E-state index in [1.165, 1.54) is 24.8 Å². The zero-order valence-electron chi connectivity index (χ0n) is 11.6. The van der Waals surface area contributed by atoms with Crippen molar-refractivity contribution in [2.75, 3.05) is 13.2 Å². The molecule has 5 rings (SSSR count). The van der Waals surface area contributed by atoms with Gasteiger partial charge in [-0.05, 0) is 42.1 Å². The molecule has 5 atom stereocenters. The number of hydrogen-bond donors (Lipinski definition) is 1. The van der Waals surface area contributed by atoms with Gasteiger partial charge in [-0.1, -0.05) is 30.3 Å². The van der Waals surface area contributed by atoms with E-state index in [9.17, 15) is 4.79 Å². The zero-order chi connectivity index (χ0) is 13.3. The molecule has 1 heterocycles. The highest BCUT2D eigenvalue weighted by Gasteiger charge is 2.77. The molecule has 5 unspecified atom stereocenters. The van der Waals surface area contributed by atoms with Crippen LogP contribution < -0.4 is 5.32 Å². The average molecular weight is 268 g/mol. The summed E-state index contributed by atoms with van der Waals surface area (Å²) in [6.07, 6.45) is 4.13. The van der Waals surface area contributed by atoms with Crippen LogP contribution in [-0.2, 0) is 4.79 Å². The first-order valence-corrected chi connectivity index (χ1v) is 7.87. The maximum Gasteiger partial charge on any atom is 0.237 e. The van der Waals surface area contributed by atoms with Crippen LogP contribution in [-0.4, -0.2) is 30.1 Å². The number of nitrogens with zero attached hydrogens (tertiary/aromatic N) is 1. The van der Waals surface area contributed by atoms with Gasteiger partial charge in [0.25, 0.3) is 0 Å². The summed E-state index contributed by atoms with van der Waals surface area (Å²) < 4.78 is 0. The van der Waals surface area contributed by atoms with Gasteiger partial charge in [0.05, 0.1) is 13.2 Å². The van der Waals surface area contributed by atoms with Gasteiger partial charge in [-0.2, -0.15) is 0 Å². The Morgan fingerprint density at radius 1 is 1.20 bits per heavy atom. The summed E-state index contributed by atoms with van der Waals surface area (Å²) in [4.78, 5) is 14.3. The molecule has 0 bridgehead atoms. The van der Waals surface area contributed by atoms with Crippen molar-refractivity contribution in [2.45, 2.75) is 31.2 Å². The van der Waals surface area contributed by atoms with E-state index >= 15 is 0 Å². The molecular formula is C17H20N2O. The predicted octanol–water partition coefficient (Wildman–Crippen LogP) is 1.96. The summed E-state index contributed by atoms with van der Waals surface area (Å²) in [5, 5.41) is 3.23. The fraction of sp³-hybridized carbons (Fsp3) is 0.588. The molecule has 3 aliphatic carbocycles. The fourth-order valence-corrected chi connectivity index (χ4v) is 5.68. The predicted molar refractivity (Wildman–Crippen MR) is 76.0 cm³/mol. The highest BCUT2D eigenvalue weighted by Crippen LogP contribution is 2.81. The summed E-state index contributed by atoms with van der Waals surface area (Å²) in [5.41, 5.74) is 2.02. The lowest BCUT2D eigenvalue weighted by molar-refractivity contribution is -0.136. The summed E-state index contributed by atoms with van der Waals surface area (Å²) >= 11 is 0.